The SMILES string of the molecule is NC1C2CCCOC2C1NS(=O)(=O)c1cc(Br)sc1Br. The van der Waals surface area contributed by atoms with E-state index in [1.807, 2.05) is 0 Å². The van der Waals surface area contributed by atoms with E-state index in [1.54, 1.807) is 6.07 Å². The molecular weight excluding hydrogens is 432 g/mol. The Labute approximate surface area is 138 Å². The number of nitrogens with one attached hydrogen (secondary N) is 1. The predicted octanol–water partition coefficient (Wildman–Crippen LogP) is 2.06. The van der Waals surface area contributed by atoms with Crippen LogP contribution in [-0.2, 0) is 14.8 Å². The predicted molar refractivity (Wildman–Crippen MR) is 84.3 cm³/mol. The van der Waals surface area contributed by atoms with E-state index in [0.717, 1.165) is 16.6 Å². The molecule has 1 saturated carbocycles. The number of nitrogens with two attached hydrogens (primary N) is 1. The van der Waals surface area contributed by atoms with E-state index in [2.05, 4.69) is 36.6 Å². The van der Waals surface area contributed by atoms with Gasteiger partial charge in [0.2, 0.25) is 10.0 Å². The molecule has 112 valence electrons. The Bertz CT molecular complexity index is 619. The molecule has 4 atom stereocenters. The zero-order valence-corrected chi connectivity index (χ0v) is 15.2. The summed E-state index contributed by atoms with van der Waals surface area (Å²) in [5, 5.41) is 0. The van der Waals surface area contributed by atoms with E-state index in [1.165, 1.54) is 11.3 Å². The van der Waals surface area contributed by atoms with Gasteiger partial charge in [-0.1, -0.05) is 0 Å². The van der Waals surface area contributed by atoms with Crippen molar-refractivity contribution in [2.45, 2.75) is 35.9 Å². The maximum absolute atomic E-state index is 12.4. The van der Waals surface area contributed by atoms with E-state index < -0.39 is 10.0 Å². The summed E-state index contributed by atoms with van der Waals surface area (Å²) < 4.78 is 34.5. The number of hydrogen-bond acceptors (Lipinski definition) is 5. The van der Waals surface area contributed by atoms with Crippen molar-refractivity contribution in [1.29, 1.82) is 0 Å². The molecule has 0 amide bonds. The molecule has 9 heteroatoms. The maximum Gasteiger partial charge on any atom is 0.242 e. The lowest BCUT2D eigenvalue weighted by atomic mass is 9.69. The van der Waals surface area contributed by atoms with Crippen molar-refractivity contribution < 1.29 is 13.2 Å². The van der Waals surface area contributed by atoms with Gasteiger partial charge < -0.3 is 10.5 Å². The fraction of sp³-hybridized carbons (Fsp3) is 0.636. The third kappa shape index (κ3) is 2.62. The largest absolute Gasteiger partial charge is 0.376 e. The van der Waals surface area contributed by atoms with Gasteiger partial charge in [0.25, 0.3) is 0 Å². The summed E-state index contributed by atoms with van der Waals surface area (Å²) in [6.45, 7) is 0.680. The topological polar surface area (TPSA) is 81.4 Å². The molecule has 3 rings (SSSR count). The first-order valence-corrected chi connectivity index (χ1v) is 10.1. The highest BCUT2D eigenvalue weighted by Gasteiger charge is 2.52. The molecule has 2 aliphatic rings. The van der Waals surface area contributed by atoms with Crippen LogP contribution < -0.4 is 10.5 Å². The van der Waals surface area contributed by atoms with E-state index >= 15 is 0 Å². The van der Waals surface area contributed by atoms with Crippen LogP contribution in [0.1, 0.15) is 12.8 Å². The van der Waals surface area contributed by atoms with Gasteiger partial charge in [-0.05, 0) is 50.8 Å². The van der Waals surface area contributed by atoms with Crippen LogP contribution in [-0.4, -0.2) is 33.2 Å². The highest BCUT2D eigenvalue weighted by molar-refractivity contribution is 9.12. The molecule has 0 aromatic carbocycles. The van der Waals surface area contributed by atoms with Crippen molar-refractivity contribution in [2.75, 3.05) is 6.61 Å². The highest BCUT2D eigenvalue weighted by Crippen LogP contribution is 2.39. The highest BCUT2D eigenvalue weighted by atomic mass is 79.9. The smallest absolute Gasteiger partial charge is 0.242 e. The van der Waals surface area contributed by atoms with Gasteiger partial charge in [-0.2, -0.15) is 0 Å². The van der Waals surface area contributed by atoms with Gasteiger partial charge in [-0.3, -0.25) is 0 Å². The molecule has 0 spiro atoms. The Kier molecular flexibility index (Phi) is 4.31. The minimum atomic E-state index is -3.59. The summed E-state index contributed by atoms with van der Waals surface area (Å²) in [5.41, 5.74) is 6.08. The monoisotopic (exact) mass is 444 g/mol. The first kappa shape index (κ1) is 15.4. The van der Waals surface area contributed by atoms with Gasteiger partial charge in [0, 0.05) is 18.6 Å². The number of ether oxygens (including phenoxy) is 1. The molecule has 1 aliphatic carbocycles. The molecule has 1 aromatic rings. The first-order chi connectivity index (χ1) is 9.40. The Morgan fingerprint density at radius 3 is 2.85 bits per heavy atom. The molecule has 1 aromatic heterocycles. The minimum absolute atomic E-state index is 0.0885. The van der Waals surface area contributed by atoms with Crippen LogP contribution in [0.4, 0.5) is 0 Å². The van der Waals surface area contributed by atoms with Gasteiger partial charge in [0.05, 0.1) is 19.7 Å². The average Bonchev–Trinajstić information content (AvgIpc) is 2.76. The number of hydrogen-bond donors (Lipinski definition) is 2. The van der Waals surface area contributed by atoms with Gasteiger partial charge >= 0.3 is 0 Å². The van der Waals surface area contributed by atoms with Crippen molar-refractivity contribution in [3.05, 3.63) is 13.6 Å². The summed E-state index contributed by atoms with van der Waals surface area (Å²) in [4.78, 5) is 0.237. The number of halogens is 2. The molecule has 2 heterocycles. The molecule has 0 radical (unpaired) electrons. The molecule has 0 bridgehead atoms. The third-order valence-electron chi connectivity index (χ3n) is 3.88. The zero-order chi connectivity index (χ0) is 14.5. The van der Waals surface area contributed by atoms with Gasteiger partial charge in [0.15, 0.2) is 0 Å². The standard InChI is InChI=1S/C11H14Br2N2O3S2/c12-7-4-6(11(13)19-7)20(16,17)15-9-8(14)5-2-1-3-18-10(5)9/h4-5,8-10,15H,1-3,14H2. The molecule has 1 aliphatic heterocycles. The minimum Gasteiger partial charge on any atom is -0.376 e. The Morgan fingerprint density at radius 1 is 1.45 bits per heavy atom. The quantitative estimate of drug-likeness (QED) is 0.745. The number of sulfonamides is 1. The number of rotatable bonds is 3. The second-order valence-corrected chi connectivity index (χ2v) is 10.5. The van der Waals surface area contributed by atoms with Crippen molar-refractivity contribution in [2.24, 2.45) is 11.7 Å². The molecule has 3 N–H and O–H groups in total. The number of fused-ring (bicyclic) bond motifs is 1. The molecular formula is C11H14Br2N2O3S2. The third-order valence-corrected chi connectivity index (χ3v) is 8.10. The van der Waals surface area contributed by atoms with Gasteiger partial charge in [0.1, 0.15) is 4.90 Å². The number of thiophene rings is 1. The lowest BCUT2D eigenvalue weighted by molar-refractivity contribution is -0.114. The lowest BCUT2D eigenvalue weighted by Crippen LogP contribution is -2.71. The second-order valence-electron chi connectivity index (χ2n) is 5.05. The normalized spacial score (nSPS) is 33.5. The molecule has 2 fully saturated rings. The van der Waals surface area contributed by atoms with Crippen LogP contribution in [0.5, 0.6) is 0 Å². The zero-order valence-electron chi connectivity index (χ0n) is 10.4. The second kappa shape index (κ2) is 5.60. The Morgan fingerprint density at radius 2 is 2.20 bits per heavy atom. The van der Waals surface area contributed by atoms with E-state index in [4.69, 9.17) is 10.5 Å². The van der Waals surface area contributed by atoms with Crippen LogP contribution in [0.25, 0.3) is 0 Å². The average molecular weight is 446 g/mol. The van der Waals surface area contributed by atoms with Crippen molar-refractivity contribution in [3.63, 3.8) is 0 Å². The van der Waals surface area contributed by atoms with E-state index in [9.17, 15) is 8.42 Å². The summed E-state index contributed by atoms with van der Waals surface area (Å²) in [6, 6.07) is 1.08. The summed E-state index contributed by atoms with van der Waals surface area (Å²) in [6.07, 6.45) is 1.92. The van der Waals surface area contributed by atoms with Crippen LogP contribution in [0, 0.1) is 5.92 Å². The summed E-state index contributed by atoms with van der Waals surface area (Å²) in [5.74, 6) is 0.272. The molecule has 5 nitrogen and oxygen atoms in total. The summed E-state index contributed by atoms with van der Waals surface area (Å²) >= 11 is 7.88. The van der Waals surface area contributed by atoms with Crippen molar-refractivity contribution in [3.8, 4) is 0 Å². The molecule has 4 unspecified atom stereocenters. The van der Waals surface area contributed by atoms with Crippen LogP contribution in [0.3, 0.4) is 0 Å². The molecule has 1 saturated heterocycles. The maximum atomic E-state index is 12.4. The van der Waals surface area contributed by atoms with Crippen molar-refractivity contribution in [1.82, 2.24) is 4.72 Å². The fourth-order valence-electron chi connectivity index (χ4n) is 2.84. The van der Waals surface area contributed by atoms with E-state index in [-0.39, 0.29) is 29.0 Å². The van der Waals surface area contributed by atoms with Crippen LogP contribution >= 0.6 is 43.2 Å². The van der Waals surface area contributed by atoms with Gasteiger partial charge in [-0.25, -0.2) is 13.1 Å². The van der Waals surface area contributed by atoms with Crippen molar-refractivity contribution >= 4 is 53.2 Å². The lowest BCUT2D eigenvalue weighted by Gasteiger charge is -2.52. The van der Waals surface area contributed by atoms with Gasteiger partial charge in [-0.15, -0.1) is 11.3 Å². The van der Waals surface area contributed by atoms with E-state index in [0.29, 0.717) is 10.4 Å². The van der Waals surface area contributed by atoms with Crippen LogP contribution in [0.15, 0.2) is 18.5 Å². The first-order valence-electron chi connectivity index (χ1n) is 6.24. The Balaban J connectivity index is 1.79. The Hall–Kier alpha value is 0.490. The van der Waals surface area contributed by atoms with Crippen LogP contribution in [0.2, 0.25) is 0 Å². The molecule has 20 heavy (non-hydrogen) atoms. The summed E-state index contributed by atoms with van der Waals surface area (Å²) in [7, 11) is -3.59. The fourth-order valence-corrected chi connectivity index (χ4v) is 7.94.